The lowest BCUT2D eigenvalue weighted by molar-refractivity contribution is 0.154. The van der Waals surface area contributed by atoms with E-state index in [1.165, 1.54) is 37.7 Å². The van der Waals surface area contributed by atoms with Gasteiger partial charge in [0.15, 0.2) is 0 Å². The topological polar surface area (TPSA) is 25.4 Å². The molecule has 0 amide bonds. The molecular weight excluding hydrogens is 212 g/mol. The van der Waals surface area contributed by atoms with Crippen LogP contribution >= 0.6 is 0 Å². The van der Waals surface area contributed by atoms with E-state index in [0.29, 0.717) is 6.10 Å². The molecule has 3 nitrogen and oxygen atoms in total. The van der Waals surface area contributed by atoms with E-state index in [1.54, 1.807) is 0 Å². The van der Waals surface area contributed by atoms with Crippen molar-refractivity contribution >= 4 is 0 Å². The SMILES string of the molecule is CN(C)Cc1cncc(OC2CCCCC2)c1. The van der Waals surface area contributed by atoms with Gasteiger partial charge in [-0.25, -0.2) is 0 Å². The minimum atomic E-state index is 0.403. The zero-order valence-corrected chi connectivity index (χ0v) is 10.9. The fraction of sp³-hybridized carbons (Fsp3) is 0.643. The summed E-state index contributed by atoms with van der Waals surface area (Å²) < 4.78 is 6.00. The number of nitrogens with zero attached hydrogens (tertiary/aromatic N) is 2. The van der Waals surface area contributed by atoms with Crippen molar-refractivity contribution < 1.29 is 4.74 Å². The number of aromatic nitrogens is 1. The highest BCUT2D eigenvalue weighted by atomic mass is 16.5. The lowest BCUT2D eigenvalue weighted by atomic mass is 9.98. The summed E-state index contributed by atoms with van der Waals surface area (Å²) in [6, 6.07) is 2.11. The van der Waals surface area contributed by atoms with E-state index >= 15 is 0 Å². The summed E-state index contributed by atoms with van der Waals surface area (Å²) in [4.78, 5) is 6.39. The van der Waals surface area contributed by atoms with Gasteiger partial charge in [0.25, 0.3) is 0 Å². The monoisotopic (exact) mass is 234 g/mol. The molecule has 0 radical (unpaired) electrons. The summed E-state index contributed by atoms with van der Waals surface area (Å²) in [7, 11) is 4.13. The van der Waals surface area contributed by atoms with Crippen molar-refractivity contribution in [3.63, 3.8) is 0 Å². The Hall–Kier alpha value is -1.09. The van der Waals surface area contributed by atoms with Crippen molar-refractivity contribution in [3.05, 3.63) is 24.0 Å². The summed E-state index contributed by atoms with van der Waals surface area (Å²) in [6.07, 6.45) is 10.5. The average molecular weight is 234 g/mol. The van der Waals surface area contributed by atoms with Gasteiger partial charge >= 0.3 is 0 Å². The van der Waals surface area contributed by atoms with Crippen LogP contribution in [0.1, 0.15) is 37.7 Å². The van der Waals surface area contributed by atoms with Crippen molar-refractivity contribution in [1.82, 2.24) is 9.88 Å². The summed E-state index contributed by atoms with van der Waals surface area (Å²) >= 11 is 0. The molecule has 17 heavy (non-hydrogen) atoms. The van der Waals surface area contributed by atoms with E-state index in [9.17, 15) is 0 Å². The van der Waals surface area contributed by atoms with Crippen molar-refractivity contribution in [3.8, 4) is 5.75 Å². The molecule has 1 heterocycles. The van der Waals surface area contributed by atoms with Crippen LogP contribution in [0.4, 0.5) is 0 Å². The largest absolute Gasteiger partial charge is 0.489 e. The van der Waals surface area contributed by atoms with E-state index in [2.05, 4.69) is 30.0 Å². The number of ether oxygens (including phenoxy) is 1. The Morgan fingerprint density at radius 2 is 2.00 bits per heavy atom. The first kappa shape index (κ1) is 12.4. The van der Waals surface area contributed by atoms with E-state index in [-0.39, 0.29) is 0 Å². The highest BCUT2D eigenvalue weighted by Crippen LogP contribution is 2.23. The molecule has 1 fully saturated rings. The maximum Gasteiger partial charge on any atom is 0.138 e. The Balaban J connectivity index is 1.95. The van der Waals surface area contributed by atoms with Crippen molar-refractivity contribution in [2.24, 2.45) is 0 Å². The number of hydrogen-bond acceptors (Lipinski definition) is 3. The summed E-state index contributed by atoms with van der Waals surface area (Å²) in [5.74, 6) is 0.927. The Labute approximate surface area is 104 Å². The third kappa shape index (κ3) is 4.00. The smallest absolute Gasteiger partial charge is 0.138 e. The Morgan fingerprint density at radius 3 is 2.71 bits per heavy atom. The molecule has 2 rings (SSSR count). The summed E-state index contributed by atoms with van der Waals surface area (Å²) in [5, 5.41) is 0. The molecule has 1 aliphatic rings. The minimum Gasteiger partial charge on any atom is -0.489 e. The van der Waals surface area contributed by atoms with Crippen LogP contribution in [0.5, 0.6) is 5.75 Å². The second-order valence-corrected chi connectivity index (χ2v) is 5.14. The zero-order valence-electron chi connectivity index (χ0n) is 10.9. The van der Waals surface area contributed by atoms with Crippen LogP contribution in [0.15, 0.2) is 18.5 Å². The molecule has 0 spiro atoms. The van der Waals surface area contributed by atoms with Crippen LogP contribution in [0.25, 0.3) is 0 Å². The Kier molecular flexibility index (Phi) is 4.37. The summed E-state index contributed by atoms with van der Waals surface area (Å²) in [6.45, 7) is 0.912. The third-order valence-electron chi connectivity index (χ3n) is 3.12. The molecule has 1 aliphatic carbocycles. The predicted octanol–water partition coefficient (Wildman–Crippen LogP) is 2.85. The lowest BCUT2D eigenvalue weighted by Crippen LogP contribution is -2.20. The van der Waals surface area contributed by atoms with Gasteiger partial charge in [-0.1, -0.05) is 6.42 Å². The van der Waals surface area contributed by atoms with Crippen LogP contribution in [0.2, 0.25) is 0 Å². The number of rotatable bonds is 4. The van der Waals surface area contributed by atoms with E-state index in [0.717, 1.165) is 12.3 Å². The van der Waals surface area contributed by atoms with Gasteiger partial charge < -0.3 is 9.64 Å². The maximum absolute atomic E-state index is 6.00. The average Bonchev–Trinajstić information content (AvgIpc) is 2.30. The predicted molar refractivity (Wildman–Crippen MR) is 69.1 cm³/mol. The van der Waals surface area contributed by atoms with Crippen LogP contribution in [0.3, 0.4) is 0 Å². The van der Waals surface area contributed by atoms with Crippen LogP contribution in [-0.4, -0.2) is 30.1 Å². The standard InChI is InChI=1S/C14H22N2O/c1-16(2)11-12-8-14(10-15-9-12)17-13-6-4-3-5-7-13/h8-10,13H,3-7,11H2,1-2H3. The van der Waals surface area contributed by atoms with Gasteiger partial charge in [0.2, 0.25) is 0 Å². The first-order chi connectivity index (χ1) is 8.24. The Bertz CT molecular complexity index is 346. The maximum atomic E-state index is 6.00. The molecule has 94 valence electrons. The molecule has 3 heteroatoms. The van der Waals surface area contributed by atoms with E-state index in [1.807, 2.05) is 12.4 Å². The zero-order chi connectivity index (χ0) is 12.1. The molecule has 0 atom stereocenters. The molecule has 0 saturated heterocycles. The van der Waals surface area contributed by atoms with Gasteiger partial charge in [-0.2, -0.15) is 0 Å². The molecule has 1 saturated carbocycles. The van der Waals surface area contributed by atoms with Gasteiger partial charge in [0.1, 0.15) is 5.75 Å². The third-order valence-corrected chi connectivity index (χ3v) is 3.12. The minimum absolute atomic E-state index is 0.403. The molecule has 0 aliphatic heterocycles. The molecule has 0 bridgehead atoms. The number of pyridine rings is 1. The van der Waals surface area contributed by atoms with Crippen LogP contribution < -0.4 is 4.74 Å². The first-order valence-electron chi connectivity index (χ1n) is 6.49. The quantitative estimate of drug-likeness (QED) is 0.801. The second-order valence-electron chi connectivity index (χ2n) is 5.14. The molecule has 1 aromatic rings. The Morgan fingerprint density at radius 1 is 1.24 bits per heavy atom. The fourth-order valence-corrected chi connectivity index (χ4v) is 2.36. The highest BCUT2D eigenvalue weighted by Gasteiger charge is 2.14. The van der Waals surface area contributed by atoms with Crippen molar-refractivity contribution in [2.45, 2.75) is 44.8 Å². The van der Waals surface area contributed by atoms with Gasteiger partial charge in [-0.05, 0) is 51.4 Å². The van der Waals surface area contributed by atoms with Crippen LogP contribution in [0, 0.1) is 0 Å². The lowest BCUT2D eigenvalue weighted by Gasteiger charge is -2.23. The van der Waals surface area contributed by atoms with Crippen molar-refractivity contribution in [2.75, 3.05) is 14.1 Å². The normalized spacial score (nSPS) is 17.4. The number of hydrogen-bond donors (Lipinski definition) is 0. The molecular formula is C14H22N2O. The molecule has 0 unspecified atom stereocenters. The van der Waals surface area contributed by atoms with E-state index < -0.39 is 0 Å². The molecule has 1 aromatic heterocycles. The molecule has 0 N–H and O–H groups in total. The highest BCUT2D eigenvalue weighted by molar-refractivity contribution is 5.23. The molecule has 0 aromatic carbocycles. The van der Waals surface area contributed by atoms with Crippen molar-refractivity contribution in [1.29, 1.82) is 0 Å². The first-order valence-corrected chi connectivity index (χ1v) is 6.49. The van der Waals surface area contributed by atoms with Gasteiger partial charge in [-0.15, -0.1) is 0 Å². The van der Waals surface area contributed by atoms with E-state index in [4.69, 9.17) is 4.74 Å². The van der Waals surface area contributed by atoms with Crippen LogP contribution in [-0.2, 0) is 6.54 Å². The van der Waals surface area contributed by atoms with Gasteiger partial charge in [-0.3, -0.25) is 4.98 Å². The van der Waals surface area contributed by atoms with Gasteiger partial charge in [0, 0.05) is 12.7 Å². The van der Waals surface area contributed by atoms with Gasteiger partial charge in [0.05, 0.1) is 12.3 Å². The fourth-order valence-electron chi connectivity index (χ4n) is 2.36. The summed E-state index contributed by atoms with van der Waals surface area (Å²) in [5.41, 5.74) is 1.21. The second kappa shape index (κ2) is 6.01.